The molecule has 0 unspecified atom stereocenters. The van der Waals surface area contributed by atoms with Crippen molar-refractivity contribution >= 4 is 23.3 Å². The zero-order valence-corrected chi connectivity index (χ0v) is 12.2. The maximum absolute atomic E-state index is 11.9. The lowest BCUT2D eigenvalue weighted by Gasteiger charge is -2.23. The number of rotatable bonds is 1. The van der Waals surface area contributed by atoms with Gasteiger partial charge in [0.15, 0.2) is 0 Å². The Morgan fingerprint density at radius 1 is 0.950 bits per heavy atom. The summed E-state index contributed by atoms with van der Waals surface area (Å²) in [5.41, 5.74) is 3.81. The minimum Gasteiger partial charge on any atom is -0.466 e. The molecule has 3 rings (SSSR count). The highest BCUT2D eigenvalue weighted by Gasteiger charge is 2.24. The van der Waals surface area contributed by atoms with Crippen molar-refractivity contribution in [1.82, 2.24) is 0 Å². The molecule has 0 saturated carbocycles. The summed E-state index contributed by atoms with van der Waals surface area (Å²) in [6.45, 7) is 1.82. The number of carbonyl (C=O) groups excluding carboxylic acids is 1. The molecule has 0 radical (unpaired) electrons. The number of methoxy groups -OCH3 is 1. The normalized spacial score (nSPS) is 12.4. The van der Waals surface area contributed by atoms with Crippen LogP contribution in [0.3, 0.4) is 0 Å². The van der Waals surface area contributed by atoms with Gasteiger partial charge in [-0.15, -0.1) is 0 Å². The van der Waals surface area contributed by atoms with Crippen LogP contribution in [0.25, 0.3) is 5.57 Å². The molecular formula is C17H14O2S. The highest BCUT2D eigenvalue weighted by molar-refractivity contribution is 7.99. The van der Waals surface area contributed by atoms with Crippen LogP contribution in [-0.4, -0.2) is 13.1 Å². The lowest BCUT2D eigenvalue weighted by Crippen LogP contribution is -2.08. The third kappa shape index (κ3) is 2.04. The molecule has 0 amide bonds. The van der Waals surface area contributed by atoms with Crippen molar-refractivity contribution < 1.29 is 9.53 Å². The van der Waals surface area contributed by atoms with Gasteiger partial charge >= 0.3 is 5.97 Å². The highest BCUT2D eigenvalue weighted by Crippen LogP contribution is 2.46. The Kier molecular flexibility index (Phi) is 3.36. The molecule has 1 aliphatic rings. The van der Waals surface area contributed by atoms with Crippen LogP contribution < -0.4 is 0 Å². The summed E-state index contributed by atoms with van der Waals surface area (Å²) >= 11 is 1.74. The Hall–Kier alpha value is -2.00. The summed E-state index contributed by atoms with van der Waals surface area (Å²) in [5.74, 6) is -0.281. The van der Waals surface area contributed by atoms with Gasteiger partial charge in [0.05, 0.1) is 7.11 Å². The van der Waals surface area contributed by atoms with Crippen molar-refractivity contribution in [3.05, 3.63) is 65.2 Å². The summed E-state index contributed by atoms with van der Waals surface area (Å²) < 4.78 is 4.89. The smallest absolute Gasteiger partial charge is 0.334 e. The molecule has 0 fully saturated rings. The van der Waals surface area contributed by atoms with Crippen molar-refractivity contribution in [2.45, 2.75) is 16.7 Å². The van der Waals surface area contributed by atoms with E-state index in [2.05, 4.69) is 24.3 Å². The zero-order chi connectivity index (χ0) is 14.1. The van der Waals surface area contributed by atoms with Crippen LogP contribution in [0.1, 0.15) is 18.1 Å². The monoisotopic (exact) mass is 282 g/mol. The molecule has 2 aromatic rings. The van der Waals surface area contributed by atoms with E-state index < -0.39 is 0 Å². The van der Waals surface area contributed by atoms with Gasteiger partial charge in [-0.1, -0.05) is 48.2 Å². The van der Waals surface area contributed by atoms with Crippen molar-refractivity contribution in [3.63, 3.8) is 0 Å². The third-order valence-corrected chi connectivity index (χ3v) is 4.55. The minimum atomic E-state index is -0.281. The predicted octanol–water partition coefficient (Wildman–Crippen LogP) is 4.15. The molecule has 3 heteroatoms. The van der Waals surface area contributed by atoms with Gasteiger partial charge in [-0.3, -0.25) is 0 Å². The fourth-order valence-electron chi connectivity index (χ4n) is 2.45. The maximum atomic E-state index is 11.9. The van der Waals surface area contributed by atoms with Crippen molar-refractivity contribution in [2.24, 2.45) is 0 Å². The second-order valence-corrected chi connectivity index (χ2v) is 5.67. The van der Waals surface area contributed by atoms with E-state index in [4.69, 9.17) is 4.74 Å². The summed E-state index contributed by atoms with van der Waals surface area (Å²) in [6.07, 6.45) is 0. The molecule has 2 aromatic carbocycles. The SMILES string of the molecule is COC(=O)C(C)=C1c2ccccc2Sc2ccccc21. The maximum Gasteiger partial charge on any atom is 0.334 e. The van der Waals surface area contributed by atoms with Crippen LogP contribution in [-0.2, 0) is 9.53 Å². The van der Waals surface area contributed by atoms with E-state index in [0.29, 0.717) is 5.57 Å². The van der Waals surface area contributed by atoms with Gasteiger partial charge in [0, 0.05) is 20.9 Å². The summed E-state index contributed by atoms with van der Waals surface area (Å²) in [7, 11) is 1.42. The van der Waals surface area contributed by atoms with Gasteiger partial charge in [-0.05, 0) is 30.2 Å². The van der Waals surface area contributed by atoms with E-state index in [1.165, 1.54) is 16.9 Å². The molecule has 0 bridgehead atoms. The number of fused-ring (bicyclic) bond motifs is 2. The first kappa shape index (κ1) is 13.0. The molecule has 0 atom stereocenters. The summed E-state index contributed by atoms with van der Waals surface area (Å²) in [4.78, 5) is 14.3. The van der Waals surface area contributed by atoms with Gasteiger partial charge in [-0.25, -0.2) is 4.79 Å². The largest absolute Gasteiger partial charge is 0.466 e. The average molecular weight is 282 g/mol. The van der Waals surface area contributed by atoms with E-state index in [1.807, 2.05) is 31.2 Å². The number of carbonyl (C=O) groups is 1. The van der Waals surface area contributed by atoms with Crippen molar-refractivity contribution in [1.29, 1.82) is 0 Å². The summed E-state index contributed by atoms with van der Waals surface area (Å²) in [6, 6.07) is 16.3. The van der Waals surface area contributed by atoms with E-state index in [-0.39, 0.29) is 5.97 Å². The number of esters is 1. The molecule has 0 saturated heterocycles. The van der Waals surface area contributed by atoms with Crippen LogP contribution in [0, 0.1) is 0 Å². The highest BCUT2D eigenvalue weighted by atomic mass is 32.2. The summed E-state index contributed by atoms with van der Waals surface area (Å²) in [5, 5.41) is 0. The fraction of sp³-hybridized carbons (Fsp3) is 0.118. The molecule has 1 aliphatic heterocycles. The number of ether oxygens (including phenoxy) is 1. The Labute approximate surface area is 122 Å². The van der Waals surface area contributed by atoms with Gasteiger partial charge < -0.3 is 4.74 Å². The van der Waals surface area contributed by atoms with Gasteiger partial charge in [0.1, 0.15) is 0 Å². The topological polar surface area (TPSA) is 26.3 Å². The van der Waals surface area contributed by atoms with Gasteiger partial charge in [0.2, 0.25) is 0 Å². The molecule has 2 nitrogen and oxygen atoms in total. The molecule has 0 spiro atoms. The van der Waals surface area contributed by atoms with Crippen LogP contribution in [0.2, 0.25) is 0 Å². The lowest BCUT2D eigenvalue weighted by molar-refractivity contribution is -0.135. The number of hydrogen-bond acceptors (Lipinski definition) is 3. The zero-order valence-electron chi connectivity index (χ0n) is 11.3. The first-order valence-electron chi connectivity index (χ1n) is 6.38. The van der Waals surface area contributed by atoms with Gasteiger partial charge in [-0.2, -0.15) is 0 Å². The quantitative estimate of drug-likeness (QED) is 0.495. The van der Waals surface area contributed by atoms with Crippen molar-refractivity contribution in [2.75, 3.05) is 7.11 Å². The van der Waals surface area contributed by atoms with E-state index in [9.17, 15) is 4.79 Å². The molecule has 20 heavy (non-hydrogen) atoms. The molecule has 1 heterocycles. The molecular weight excluding hydrogens is 268 g/mol. The second kappa shape index (κ2) is 5.17. The fourth-order valence-corrected chi connectivity index (χ4v) is 3.54. The van der Waals surface area contributed by atoms with E-state index in [1.54, 1.807) is 11.8 Å². The Morgan fingerprint density at radius 3 is 1.95 bits per heavy atom. The first-order chi connectivity index (χ1) is 9.72. The van der Waals surface area contributed by atoms with Crippen LogP contribution >= 0.6 is 11.8 Å². The minimum absolute atomic E-state index is 0.281. The van der Waals surface area contributed by atoms with Crippen LogP contribution in [0.4, 0.5) is 0 Å². The standard InChI is InChI=1S/C17H14O2S/c1-11(17(18)19-2)16-12-7-3-5-9-14(12)20-15-10-6-4-8-13(15)16/h3-10H,1-2H3. The van der Waals surface area contributed by atoms with E-state index in [0.717, 1.165) is 16.7 Å². The lowest BCUT2D eigenvalue weighted by atomic mass is 9.93. The Bertz CT molecular complexity index is 669. The molecule has 100 valence electrons. The second-order valence-electron chi connectivity index (χ2n) is 4.59. The predicted molar refractivity (Wildman–Crippen MR) is 80.7 cm³/mol. The average Bonchev–Trinajstić information content (AvgIpc) is 2.51. The van der Waals surface area contributed by atoms with E-state index >= 15 is 0 Å². The van der Waals surface area contributed by atoms with Crippen molar-refractivity contribution in [3.8, 4) is 0 Å². The molecule has 0 aliphatic carbocycles. The third-order valence-electron chi connectivity index (χ3n) is 3.40. The number of benzene rings is 2. The Morgan fingerprint density at radius 2 is 1.45 bits per heavy atom. The van der Waals surface area contributed by atoms with Crippen LogP contribution in [0.5, 0.6) is 0 Å². The van der Waals surface area contributed by atoms with Gasteiger partial charge in [0.25, 0.3) is 0 Å². The Balaban J connectivity index is 2.31. The first-order valence-corrected chi connectivity index (χ1v) is 7.20. The van der Waals surface area contributed by atoms with Crippen LogP contribution in [0.15, 0.2) is 63.9 Å². The molecule has 0 N–H and O–H groups in total. The number of hydrogen-bond donors (Lipinski definition) is 0. The molecule has 0 aromatic heterocycles.